The van der Waals surface area contributed by atoms with Gasteiger partial charge in [-0.2, -0.15) is 0 Å². The standard InChI is InChI=1S/C18H15ClN2O3S/c1-24-17(23)13-7-3-5-9-15(13)20-18(25)21-16(22)11-10-12-6-2-4-8-14(12)19/h2-11H,1H3,(H2,20,21,22,25)/b11-10-. The highest BCUT2D eigenvalue weighted by Gasteiger charge is 2.12. The van der Waals surface area contributed by atoms with Gasteiger partial charge in [0.2, 0.25) is 5.91 Å². The summed E-state index contributed by atoms with van der Waals surface area (Å²) in [5.41, 5.74) is 1.47. The normalized spacial score (nSPS) is 10.3. The Morgan fingerprint density at radius 3 is 2.52 bits per heavy atom. The number of ether oxygens (including phenoxy) is 1. The molecule has 0 aliphatic carbocycles. The van der Waals surface area contributed by atoms with Crippen LogP contribution in [0.2, 0.25) is 5.02 Å². The largest absolute Gasteiger partial charge is 0.465 e. The molecule has 0 unspecified atom stereocenters. The molecule has 0 aliphatic heterocycles. The third kappa shape index (κ3) is 5.41. The van der Waals surface area contributed by atoms with Gasteiger partial charge in [0.1, 0.15) is 0 Å². The molecule has 1 amide bonds. The number of hydrogen-bond donors (Lipinski definition) is 2. The summed E-state index contributed by atoms with van der Waals surface area (Å²) in [6, 6.07) is 13.8. The van der Waals surface area contributed by atoms with E-state index in [1.165, 1.54) is 13.2 Å². The van der Waals surface area contributed by atoms with Crippen molar-refractivity contribution in [3.63, 3.8) is 0 Å². The summed E-state index contributed by atoms with van der Waals surface area (Å²) in [4.78, 5) is 23.7. The zero-order chi connectivity index (χ0) is 18.2. The van der Waals surface area contributed by atoms with E-state index in [-0.39, 0.29) is 5.11 Å². The minimum absolute atomic E-state index is 0.0603. The summed E-state index contributed by atoms with van der Waals surface area (Å²) in [7, 11) is 1.29. The first-order valence-electron chi connectivity index (χ1n) is 7.23. The van der Waals surface area contributed by atoms with Gasteiger partial charge >= 0.3 is 5.97 Å². The first-order valence-corrected chi connectivity index (χ1v) is 8.02. The van der Waals surface area contributed by atoms with Crippen LogP contribution in [0, 0.1) is 0 Å². The molecule has 0 aromatic heterocycles. The van der Waals surface area contributed by atoms with E-state index in [2.05, 4.69) is 10.6 Å². The zero-order valence-corrected chi connectivity index (χ0v) is 14.9. The van der Waals surface area contributed by atoms with E-state index in [0.29, 0.717) is 21.8 Å². The highest BCUT2D eigenvalue weighted by Crippen LogP contribution is 2.17. The zero-order valence-electron chi connectivity index (χ0n) is 13.3. The summed E-state index contributed by atoms with van der Waals surface area (Å²) in [6.45, 7) is 0. The molecule has 0 saturated heterocycles. The van der Waals surface area contributed by atoms with Gasteiger partial charge < -0.3 is 10.1 Å². The van der Waals surface area contributed by atoms with Crippen molar-refractivity contribution in [1.82, 2.24) is 5.32 Å². The number of thiocarbonyl (C=S) groups is 1. The van der Waals surface area contributed by atoms with Crippen molar-refractivity contribution in [1.29, 1.82) is 0 Å². The highest BCUT2D eigenvalue weighted by molar-refractivity contribution is 7.80. The van der Waals surface area contributed by atoms with Gasteiger partial charge in [0.25, 0.3) is 0 Å². The minimum Gasteiger partial charge on any atom is -0.465 e. The number of esters is 1. The number of benzene rings is 2. The SMILES string of the molecule is COC(=O)c1ccccc1NC(=S)NC(=O)/C=C\c1ccccc1Cl. The van der Waals surface area contributed by atoms with E-state index in [1.54, 1.807) is 48.5 Å². The molecule has 0 heterocycles. The molecule has 5 nitrogen and oxygen atoms in total. The Kier molecular flexibility index (Phi) is 6.68. The van der Waals surface area contributed by atoms with E-state index in [9.17, 15) is 9.59 Å². The Morgan fingerprint density at radius 1 is 1.12 bits per heavy atom. The molecule has 0 aliphatic rings. The molecule has 25 heavy (non-hydrogen) atoms. The molecule has 0 fully saturated rings. The predicted molar refractivity (Wildman–Crippen MR) is 103 cm³/mol. The van der Waals surface area contributed by atoms with Gasteiger partial charge in [0.15, 0.2) is 5.11 Å². The van der Waals surface area contributed by atoms with Crippen LogP contribution in [0.3, 0.4) is 0 Å². The molecule has 0 atom stereocenters. The van der Waals surface area contributed by atoms with Gasteiger partial charge in [0, 0.05) is 11.1 Å². The number of carbonyl (C=O) groups excluding carboxylic acids is 2. The van der Waals surface area contributed by atoms with E-state index in [0.717, 1.165) is 0 Å². The number of para-hydroxylation sites is 1. The number of methoxy groups -OCH3 is 1. The minimum atomic E-state index is -0.504. The van der Waals surface area contributed by atoms with Crippen LogP contribution in [-0.2, 0) is 9.53 Å². The van der Waals surface area contributed by atoms with E-state index in [4.69, 9.17) is 28.6 Å². The first kappa shape index (κ1) is 18.6. The van der Waals surface area contributed by atoms with Crippen LogP contribution in [0.4, 0.5) is 5.69 Å². The quantitative estimate of drug-likeness (QED) is 0.485. The topological polar surface area (TPSA) is 67.4 Å². The van der Waals surface area contributed by atoms with E-state index < -0.39 is 11.9 Å². The van der Waals surface area contributed by atoms with Crippen LogP contribution >= 0.6 is 23.8 Å². The molecule has 2 aromatic carbocycles. The number of nitrogens with one attached hydrogen (secondary N) is 2. The Hall–Kier alpha value is -2.70. The van der Waals surface area contributed by atoms with Gasteiger partial charge in [-0.1, -0.05) is 41.9 Å². The summed E-state index contributed by atoms with van der Waals surface area (Å²) in [6.07, 6.45) is 2.91. The third-order valence-corrected chi connectivity index (χ3v) is 3.69. The molecular weight excluding hydrogens is 360 g/mol. The van der Waals surface area contributed by atoms with Crippen molar-refractivity contribution in [2.24, 2.45) is 0 Å². The van der Waals surface area contributed by atoms with Crippen LogP contribution in [0.15, 0.2) is 54.6 Å². The van der Waals surface area contributed by atoms with Crippen LogP contribution < -0.4 is 10.6 Å². The second-order valence-corrected chi connectivity index (χ2v) is 5.65. The molecule has 7 heteroatoms. The maximum atomic E-state index is 11.9. The Morgan fingerprint density at radius 2 is 1.80 bits per heavy atom. The third-order valence-electron chi connectivity index (χ3n) is 3.14. The lowest BCUT2D eigenvalue weighted by Crippen LogP contribution is -2.33. The Bertz CT molecular complexity index is 837. The molecule has 128 valence electrons. The Labute approximate surface area is 155 Å². The van der Waals surface area contributed by atoms with Crippen molar-refractivity contribution >= 4 is 52.6 Å². The average Bonchev–Trinajstić information content (AvgIpc) is 2.60. The van der Waals surface area contributed by atoms with Crippen molar-refractivity contribution in [2.45, 2.75) is 0 Å². The highest BCUT2D eigenvalue weighted by atomic mass is 35.5. The van der Waals surface area contributed by atoms with Crippen molar-refractivity contribution < 1.29 is 14.3 Å². The van der Waals surface area contributed by atoms with Crippen LogP contribution in [0.25, 0.3) is 6.08 Å². The fourth-order valence-electron chi connectivity index (χ4n) is 1.96. The molecule has 2 N–H and O–H groups in total. The van der Waals surface area contributed by atoms with Crippen molar-refractivity contribution in [2.75, 3.05) is 12.4 Å². The summed E-state index contributed by atoms with van der Waals surface area (Å²) < 4.78 is 4.71. The first-order chi connectivity index (χ1) is 12.0. The molecule has 2 aromatic rings. The van der Waals surface area contributed by atoms with Gasteiger partial charge in [-0.05, 0) is 42.1 Å². The maximum Gasteiger partial charge on any atom is 0.339 e. The average molecular weight is 375 g/mol. The number of hydrogen-bond acceptors (Lipinski definition) is 4. The molecule has 0 bridgehead atoms. The Balaban J connectivity index is 2.00. The number of halogens is 1. The molecular formula is C18H15ClN2O3S. The lowest BCUT2D eigenvalue weighted by molar-refractivity contribution is -0.115. The molecule has 0 spiro atoms. The monoisotopic (exact) mass is 374 g/mol. The van der Waals surface area contributed by atoms with Crippen LogP contribution in [0.1, 0.15) is 15.9 Å². The molecule has 2 rings (SSSR count). The fourth-order valence-corrected chi connectivity index (χ4v) is 2.37. The smallest absolute Gasteiger partial charge is 0.339 e. The summed E-state index contributed by atoms with van der Waals surface area (Å²) in [5.74, 6) is -0.927. The number of anilines is 1. The van der Waals surface area contributed by atoms with Gasteiger partial charge in [-0.3, -0.25) is 10.1 Å². The summed E-state index contributed by atoms with van der Waals surface area (Å²) >= 11 is 11.1. The predicted octanol–water partition coefficient (Wildman–Crippen LogP) is 3.65. The summed E-state index contributed by atoms with van der Waals surface area (Å²) in [5, 5.41) is 5.91. The van der Waals surface area contributed by atoms with Gasteiger partial charge in [-0.25, -0.2) is 4.79 Å². The second-order valence-electron chi connectivity index (χ2n) is 4.84. The van der Waals surface area contributed by atoms with Crippen LogP contribution in [-0.4, -0.2) is 24.1 Å². The number of carbonyl (C=O) groups is 2. The van der Waals surface area contributed by atoms with Gasteiger partial charge in [-0.15, -0.1) is 0 Å². The lowest BCUT2D eigenvalue weighted by Gasteiger charge is -2.11. The molecule has 0 saturated carbocycles. The van der Waals surface area contributed by atoms with E-state index >= 15 is 0 Å². The fraction of sp³-hybridized carbons (Fsp3) is 0.0556. The van der Waals surface area contributed by atoms with Crippen molar-refractivity contribution in [3.05, 3.63) is 70.8 Å². The second kappa shape index (κ2) is 8.96. The van der Waals surface area contributed by atoms with E-state index in [1.807, 2.05) is 6.07 Å². The number of rotatable bonds is 4. The van der Waals surface area contributed by atoms with Crippen LogP contribution in [0.5, 0.6) is 0 Å². The van der Waals surface area contributed by atoms with Gasteiger partial charge in [0.05, 0.1) is 18.4 Å². The number of amides is 1. The maximum absolute atomic E-state index is 11.9. The lowest BCUT2D eigenvalue weighted by atomic mass is 10.2. The van der Waals surface area contributed by atoms with Crippen molar-refractivity contribution in [3.8, 4) is 0 Å². The molecule has 0 radical (unpaired) electrons.